The van der Waals surface area contributed by atoms with E-state index in [4.69, 9.17) is 10.5 Å². The Labute approximate surface area is 104 Å². The van der Waals surface area contributed by atoms with Crippen LogP contribution in [-0.4, -0.2) is 43.2 Å². The molecule has 0 aromatic heterocycles. The zero-order chi connectivity index (χ0) is 12.1. The van der Waals surface area contributed by atoms with Gasteiger partial charge in [-0.15, -0.1) is 0 Å². The number of hydrogen-bond acceptors (Lipinski definition) is 2. The van der Waals surface area contributed by atoms with Gasteiger partial charge in [0.25, 0.3) is 0 Å². The molecule has 1 saturated carbocycles. The van der Waals surface area contributed by atoms with E-state index < -0.39 is 0 Å². The Hall–Kier alpha value is -0.770. The first-order chi connectivity index (χ1) is 8.25. The Kier molecular flexibility index (Phi) is 4.66. The monoisotopic (exact) mass is 239 g/mol. The van der Waals surface area contributed by atoms with Crippen molar-refractivity contribution in [2.24, 2.45) is 10.7 Å². The molecule has 4 heteroatoms. The van der Waals surface area contributed by atoms with Crippen molar-refractivity contribution in [2.75, 3.05) is 20.2 Å². The van der Waals surface area contributed by atoms with E-state index in [9.17, 15) is 0 Å². The maximum atomic E-state index is 6.03. The van der Waals surface area contributed by atoms with Crippen molar-refractivity contribution in [1.29, 1.82) is 0 Å². The van der Waals surface area contributed by atoms with Crippen LogP contribution in [0.5, 0.6) is 0 Å². The molecule has 1 saturated heterocycles. The highest BCUT2D eigenvalue weighted by Gasteiger charge is 2.18. The van der Waals surface area contributed by atoms with Crippen molar-refractivity contribution in [1.82, 2.24) is 4.90 Å². The van der Waals surface area contributed by atoms with Crippen LogP contribution in [0.3, 0.4) is 0 Å². The van der Waals surface area contributed by atoms with Crippen LogP contribution in [0.25, 0.3) is 0 Å². The summed E-state index contributed by atoms with van der Waals surface area (Å²) in [6, 6.07) is 0.463. The molecule has 0 spiro atoms. The van der Waals surface area contributed by atoms with Gasteiger partial charge in [0.05, 0.1) is 12.1 Å². The number of aliphatic imine (C=N–C) groups is 1. The van der Waals surface area contributed by atoms with Gasteiger partial charge in [0.1, 0.15) is 0 Å². The second-order valence-electron chi connectivity index (χ2n) is 5.29. The third-order valence-corrected chi connectivity index (χ3v) is 3.78. The topological polar surface area (TPSA) is 50.9 Å². The molecule has 0 radical (unpaired) electrons. The van der Waals surface area contributed by atoms with Crippen LogP contribution < -0.4 is 5.73 Å². The largest absolute Gasteiger partial charge is 0.376 e. The van der Waals surface area contributed by atoms with E-state index in [1.807, 2.05) is 11.9 Å². The number of rotatable bonds is 3. The Balaban J connectivity index is 1.78. The number of likely N-dealkylation sites (N-methyl/N-ethyl adjacent to an activating group) is 1. The van der Waals surface area contributed by atoms with Crippen molar-refractivity contribution in [3.8, 4) is 0 Å². The van der Waals surface area contributed by atoms with Gasteiger partial charge in [-0.05, 0) is 32.1 Å². The molecule has 1 unspecified atom stereocenters. The first kappa shape index (κ1) is 12.7. The molecule has 2 aliphatic rings. The highest BCUT2D eigenvalue weighted by molar-refractivity contribution is 5.78. The fourth-order valence-electron chi connectivity index (χ4n) is 2.67. The van der Waals surface area contributed by atoms with Gasteiger partial charge < -0.3 is 15.4 Å². The molecule has 0 bridgehead atoms. The molecule has 4 nitrogen and oxygen atoms in total. The second-order valence-corrected chi connectivity index (χ2v) is 5.29. The summed E-state index contributed by atoms with van der Waals surface area (Å²) in [4.78, 5) is 6.66. The van der Waals surface area contributed by atoms with Crippen molar-refractivity contribution >= 4 is 5.96 Å². The van der Waals surface area contributed by atoms with Gasteiger partial charge in [-0.25, -0.2) is 4.99 Å². The number of nitrogens with two attached hydrogens (primary N) is 1. The average Bonchev–Trinajstić information content (AvgIpc) is 2.83. The van der Waals surface area contributed by atoms with E-state index in [2.05, 4.69) is 4.99 Å². The summed E-state index contributed by atoms with van der Waals surface area (Å²) in [5, 5.41) is 0. The van der Waals surface area contributed by atoms with E-state index in [0.717, 1.165) is 19.6 Å². The predicted molar refractivity (Wildman–Crippen MR) is 70.1 cm³/mol. The lowest BCUT2D eigenvalue weighted by molar-refractivity contribution is 0.00697. The molecule has 98 valence electrons. The van der Waals surface area contributed by atoms with Gasteiger partial charge in [0.15, 0.2) is 5.96 Å². The minimum absolute atomic E-state index is 0.339. The Morgan fingerprint density at radius 1 is 1.24 bits per heavy atom. The summed E-state index contributed by atoms with van der Waals surface area (Å²) in [5.74, 6) is 0.686. The lowest BCUT2D eigenvalue weighted by Gasteiger charge is -2.28. The molecule has 1 aliphatic carbocycles. The first-order valence-electron chi connectivity index (χ1n) is 6.91. The van der Waals surface area contributed by atoms with E-state index in [0.29, 0.717) is 18.1 Å². The number of ether oxygens (including phenoxy) is 1. The van der Waals surface area contributed by atoms with Crippen LogP contribution >= 0.6 is 0 Å². The molecule has 17 heavy (non-hydrogen) atoms. The van der Waals surface area contributed by atoms with Crippen molar-refractivity contribution < 1.29 is 4.74 Å². The van der Waals surface area contributed by atoms with Gasteiger partial charge in [-0.3, -0.25) is 0 Å². The molecule has 1 heterocycles. The molecule has 0 aromatic carbocycles. The average molecular weight is 239 g/mol. The standard InChI is InChI=1S/C13H25N3O/c1-16(10-12-8-4-5-9-17-12)13(14)15-11-6-2-3-7-11/h11-12H,2-10H2,1H3,(H2,14,15). The Bertz CT molecular complexity index is 255. The summed E-state index contributed by atoms with van der Waals surface area (Å²) < 4.78 is 5.72. The van der Waals surface area contributed by atoms with Crippen molar-refractivity contribution in [3.05, 3.63) is 0 Å². The van der Waals surface area contributed by atoms with Gasteiger partial charge in [0.2, 0.25) is 0 Å². The molecule has 2 rings (SSSR count). The SMILES string of the molecule is CN(CC1CCCCO1)C(N)=NC1CCCC1. The zero-order valence-electron chi connectivity index (χ0n) is 10.9. The van der Waals surface area contributed by atoms with Crippen LogP contribution in [0.2, 0.25) is 0 Å². The fourth-order valence-corrected chi connectivity index (χ4v) is 2.67. The molecule has 1 atom stereocenters. The molecule has 0 aromatic rings. The molecule has 2 fully saturated rings. The molecule has 0 amide bonds. The molecule has 2 N–H and O–H groups in total. The van der Waals surface area contributed by atoms with E-state index in [1.165, 1.54) is 38.5 Å². The number of guanidine groups is 1. The summed E-state index contributed by atoms with van der Waals surface area (Å²) >= 11 is 0. The molecule has 1 aliphatic heterocycles. The maximum absolute atomic E-state index is 6.03. The van der Waals surface area contributed by atoms with Crippen LogP contribution in [0, 0.1) is 0 Å². The second kappa shape index (κ2) is 6.24. The van der Waals surface area contributed by atoms with Gasteiger partial charge in [-0.1, -0.05) is 12.8 Å². The van der Waals surface area contributed by atoms with Gasteiger partial charge >= 0.3 is 0 Å². The van der Waals surface area contributed by atoms with Crippen LogP contribution in [0.1, 0.15) is 44.9 Å². The predicted octanol–water partition coefficient (Wildman–Crippen LogP) is 1.74. The molecular formula is C13H25N3O. The smallest absolute Gasteiger partial charge is 0.191 e. The maximum Gasteiger partial charge on any atom is 0.191 e. The van der Waals surface area contributed by atoms with Crippen LogP contribution in [0.15, 0.2) is 4.99 Å². The van der Waals surface area contributed by atoms with Crippen LogP contribution in [0.4, 0.5) is 0 Å². The third kappa shape index (κ3) is 3.87. The van der Waals surface area contributed by atoms with E-state index in [-0.39, 0.29) is 0 Å². The van der Waals surface area contributed by atoms with Crippen LogP contribution in [-0.2, 0) is 4.74 Å². The number of hydrogen-bond donors (Lipinski definition) is 1. The quantitative estimate of drug-likeness (QED) is 0.603. The summed E-state index contributed by atoms with van der Waals surface area (Å²) in [6.45, 7) is 1.78. The lowest BCUT2D eigenvalue weighted by Crippen LogP contribution is -2.41. The zero-order valence-corrected chi connectivity index (χ0v) is 10.9. The third-order valence-electron chi connectivity index (χ3n) is 3.78. The first-order valence-corrected chi connectivity index (χ1v) is 6.91. The lowest BCUT2D eigenvalue weighted by atomic mass is 10.1. The van der Waals surface area contributed by atoms with E-state index in [1.54, 1.807) is 0 Å². The minimum Gasteiger partial charge on any atom is -0.376 e. The summed E-state index contributed by atoms with van der Waals surface area (Å²) in [5.41, 5.74) is 6.03. The molecular weight excluding hydrogens is 214 g/mol. The Morgan fingerprint density at radius 3 is 2.59 bits per heavy atom. The fraction of sp³-hybridized carbons (Fsp3) is 0.923. The minimum atomic E-state index is 0.339. The van der Waals surface area contributed by atoms with E-state index >= 15 is 0 Å². The highest BCUT2D eigenvalue weighted by Crippen LogP contribution is 2.21. The van der Waals surface area contributed by atoms with Crippen molar-refractivity contribution in [3.63, 3.8) is 0 Å². The van der Waals surface area contributed by atoms with Gasteiger partial charge in [0, 0.05) is 20.2 Å². The number of nitrogens with zero attached hydrogens (tertiary/aromatic N) is 2. The summed E-state index contributed by atoms with van der Waals surface area (Å²) in [7, 11) is 2.02. The van der Waals surface area contributed by atoms with Gasteiger partial charge in [-0.2, -0.15) is 0 Å². The summed E-state index contributed by atoms with van der Waals surface area (Å²) in [6.07, 6.45) is 8.98. The highest BCUT2D eigenvalue weighted by atomic mass is 16.5. The Morgan fingerprint density at radius 2 is 1.94 bits per heavy atom. The van der Waals surface area contributed by atoms with Crippen molar-refractivity contribution in [2.45, 2.75) is 57.1 Å². The normalized spacial score (nSPS) is 27.4.